The smallest absolute Gasteiger partial charge is 0.0664 e. The van der Waals surface area contributed by atoms with E-state index in [0.29, 0.717) is 0 Å². The van der Waals surface area contributed by atoms with Crippen LogP contribution in [0, 0.1) is 0 Å². The number of halogens is 1. The van der Waals surface area contributed by atoms with E-state index in [2.05, 4.69) is 5.32 Å². The highest BCUT2D eigenvalue weighted by atomic mass is 35.5. The molecule has 56 valence electrons. The van der Waals surface area contributed by atoms with Gasteiger partial charge < -0.3 is 10.4 Å². The number of nitrogens with one attached hydrogen (secondary N) is 1. The Kier molecular flexibility index (Phi) is 5.15. The first kappa shape index (κ1) is 9.21. The Labute approximate surface area is 62.1 Å². The zero-order chi connectivity index (χ0) is 5.82. The topological polar surface area (TPSA) is 32.3 Å². The van der Waals surface area contributed by atoms with Crippen molar-refractivity contribution in [1.29, 1.82) is 0 Å². The van der Waals surface area contributed by atoms with Gasteiger partial charge in [0.2, 0.25) is 0 Å². The second-order valence-corrected chi connectivity index (χ2v) is 2.35. The molecule has 3 heteroatoms. The molecule has 1 heterocycles. The molecular weight excluding hydrogens is 138 g/mol. The van der Waals surface area contributed by atoms with Crippen LogP contribution in [0.2, 0.25) is 0 Å². The number of hydrogen-bond donors (Lipinski definition) is 2. The molecule has 0 amide bonds. The van der Waals surface area contributed by atoms with Gasteiger partial charge in [0.25, 0.3) is 0 Å². The van der Waals surface area contributed by atoms with Gasteiger partial charge in [0, 0.05) is 6.54 Å². The van der Waals surface area contributed by atoms with E-state index in [-0.39, 0.29) is 18.5 Å². The van der Waals surface area contributed by atoms with E-state index in [1.807, 2.05) is 0 Å². The minimum Gasteiger partial charge on any atom is -0.392 e. The van der Waals surface area contributed by atoms with Crippen molar-refractivity contribution in [3.05, 3.63) is 0 Å². The van der Waals surface area contributed by atoms with Crippen molar-refractivity contribution in [3.63, 3.8) is 0 Å². The summed E-state index contributed by atoms with van der Waals surface area (Å²) in [5.41, 5.74) is 0. The summed E-state index contributed by atoms with van der Waals surface area (Å²) in [7, 11) is 0. The summed E-state index contributed by atoms with van der Waals surface area (Å²) >= 11 is 0. The molecule has 0 aromatic carbocycles. The lowest BCUT2D eigenvalue weighted by Gasteiger charge is -2.03. The van der Waals surface area contributed by atoms with E-state index in [9.17, 15) is 0 Å². The minimum absolute atomic E-state index is 0. The van der Waals surface area contributed by atoms with Crippen LogP contribution in [0.15, 0.2) is 0 Å². The first-order valence-corrected chi connectivity index (χ1v) is 3.28. The average Bonchev–Trinajstić information content (AvgIpc) is 1.94. The first-order valence-electron chi connectivity index (χ1n) is 3.28. The molecule has 1 aliphatic rings. The normalized spacial score (nSPS) is 28.3. The van der Waals surface area contributed by atoms with Crippen molar-refractivity contribution >= 4 is 12.4 Å². The van der Waals surface area contributed by atoms with Gasteiger partial charge in [-0.05, 0) is 25.8 Å². The second-order valence-electron chi connectivity index (χ2n) is 2.35. The van der Waals surface area contributed by atoms with Crippen LogP contribution in [-0.4, -0.2) is 24.3 Å². The fourth-order valence-corrected chi connectivity index (χ4v) is 1.00. The molecule has 1 atom stereocenters. The van der Waals surface area contributed by atoms with Crippen molar-refractivity contribution in [1.82, 2.24) is 5.32 Å². The summed E-state index contributed by atoms with van der Waals surface area (Å²) < 4.78 is 0. The Hall–Kier alpha value is 0.210. The van der Waals surface area contributed by atoms with E-state index < -0.39 is 0 Å². The first-order chi connectivity index (χ1) is 3.89. The fraction of sp³-hybridized carbons (Fsp3) is 1.00. The lowest BCUT2D eigenvalue weighted by molar-refractivity contribution is 0.168. The zero-order valence-corrected chi connectivity index (χ0v) is 6.28. The Morgan fingerprint density at radius 3 is 2.89 bits per heavy atom. The third-order valence-corrected chi connectivity index (χ3v) is 1.52. The number of rotatable bonds is 0. The predicted octanol–water partition coefficient (Wildman–Crippen LogP) is 0.543. The van der Waals surface area contributed by atoms with E-state index in [0.717, 1.165) is 19.5 Å². The molecule has 1 aliphatic heterocycles. The fourth-order valence-electron chi connectivity index (χ4n) is 1.00. The van der Waals surface area contributed by atoms with Crippen LogP contribution >= 0.6 is 12.4 Å². The standard InChI is InChI=1S/C6H13NO.ClH/c8-6-3-1-2-4-7-5-6;/h6-8H,1-5H2;1H/t6-;/m0./s1. The van der Waals surface area contributed by atoms with Gasteiger partial charge >= 0.3 is 0 Å². The number of aliphatic hydroxyl groups is 1. The number of hydrogen-bond acceptors (Lipinski definition) is 2. The van der Waals surface area contributed by atoms with Gasteiger partial charge in [0.1, 0.15) is 0 Å². The summed E-state index contributed by atoms with van der Waals surface area (Å²) in [4.78, 5) is 0. The van der Waals surface area contributed by atoms with Crippen LogP contribution in [0.4, 0.5) is 0 Å². The lowest BCUT2D eigenvalue weighted by atomic mass is 10.2. The monoisotopic (exact) mass is 151 g/mol. The molecule has 2 nitrogen and oxygen atoms in total. The third-order valence-electron chi connectivity index (χ3n) is 1.52. The molecule has 1 rings (SSSR count). The molecule has 0 aromatic heterocycles. The summed E-state index contributed by atoms with van der Waals surface area (Å²) in [6.07, 6.45) is 3.29. The van der Waals surface area contributed by atoms with Crippen molar-refractivity contribution in [2.45, 2.75) is 25.4 Å². The molecule has 0 radical (unpaired) electrons. The van der Waals surface area contributed by atoms with Gasteiger partial charge in [0.05, 0.1) is 6.10 Å². The van der Waals surface area contributed by atoms with E-state index >= 15 is 0 Å². The highest BCUT2D eigenvalue weighted by Gasteiger charge is 2.05. The van der Waals surface area contributed by atoms with Crippen LogP contribution in [0.3, 0.4) is 0 Å². The van der Waals surface area contributed by atoms with Crippen molar-refractivity contribution in [2.24, 2.45) is 0 Å². The van der Waals surface area contributed by atoms with Crippen LogP contribution in [0.5, 0.6) is 0 Å². The molecule has 0 aromatic rings. The van der Waals surface area contributed by atoms with Gasteiger partial charge in [-0.25, -0.2) is 0 Å². The number of β-amino-alcohol motifs (C(OH)–C–C–N with tert-alkyl or cyclic N) is 1. The SMILES string of the molecule is Cl.O[C@H]1CCCCNC1. The zero-order valence-electron chi connectivity index (χ0n) is 5.47. The summed E-state index contributed by atoms with van der Waals surface area (Å²) in [5.74, 6) is 0. The minimum atomic E-state index is -0.0856. The Balaban J connectivity index is 0.000000640. The Morgan fingerprint density at radius 2 is 2.11 bits per heavy atom. The van der Waals surface area contributed by atoms with Crippen molar-refractivity contribution in [2.75, 3.05) is 13.1 Å². The maximum absolute atomic E-state index is 9.03. The maximum atomic E-state index is 9.03. The number of aliphatic hydroxyl groups excluding tert-OH is 1. The molecule has 0 unspecified atom stereocenters. The van der Waals surface area contributed by atoms with Gasteiger partial charge in [-0.15, -0.1) is 12.4 Å². The average molecular weight is 152 g/mol. The van der Waals surface area contributed by atoms with Crippen molar-refractivity contribution < 1.29 is 5.11 Å². The van der Waals surface area contributed by atoms with Crippen molar-refractivity contribution in [3.8, 4) is 0 Å². The van der Waals surface area contributed by atoms with Crippen LogP contribution in [-0.2, 0) is 0 Å². The summed E-state index contributed by atoms with van der Waals surface area (Å²) in [6, 6.07) is 0. The van der Waals surface area contributed by atoms with Crippen LogP contribution in [0.1, 0.15) is 19.3 Å². The third kappa shape index (κ3) is 3.73. The van der Waals surface area contributed by atoms with Gasteiger partial charge in [-0.1, -0.05) is 0 Å². The maximum Gasteiger partial charge on any atom is 0.0664 e. The molecule has 0 aliphatic carbocycles. The molecule has 9 heavy (non-hydrogen) atoms. The summed E-state index contributed by atoms with van der Waals surface area (Å²) in [5, 5.41) is 12.2. The summed E-state index contributed by atoms with van der Waals surface area (Å²) in [6.45, 7) is 1.87. The second kappa shape index (κ2) is 5.03. The molecule has 0 bridgehead atoms. The molecule has 2 N–H and O–H groups in total. The van der Waals surface area contributed by atoms with Crippen LogP contribution < -0.4 is 5.32 Å². The molecule has 1 fully saturated rings. The van der Waals surface area contributed by atoms with E-state index in [1.54, 1.807) is 0 Å². The highest BCUT2D eigenvalue weighted by molar-refractivity contribution is 5.85. The largest absolute Gasteiger partial charge is 0.392 e. The van der Waals surface area contributed by atoms with Gasteiger partial charge in [0.15, 0.2) is 0 Å². The van der Waals surface area contributed by atoms with Crippen LogP contribution in [0.25, 0.3) is 0 Å². The Bertz CT molecular complexity index is 62.1. The molecule has 0 spiro atoms. The molecular formula is C6H14ClNO. The Morgan fingerprint density at radius 1 is 1.33 bits per heavy atom. The molecule has 1 saturated heterocycles. The lowest BCUT2D eigenvalue weighted by Crippen LogP contribution is -2.23. The quantitative estimate of drug-likeness (QED) is 0.530. The van der Waals surface area contributed by atoms with Gasteiger partial charge in [-0.2, -0.15) is 0 Å². The molecule has 0 saturated carbocycles. The van der Waals surface area contributed by atoms with E-state index in [4.69, 9.17) is 5.11 Å². The van der Waals surface area contributed by atoms with E-state index in [1.165, 1.54) is 12.8 Å². The predicted molar refractivity (Wildman–Crippen MR) is 40.0 cm³/mol. The highest BCUT2D eigenvalue weighted by Crippen LogP contribution is 2.02. The van der Waals surface area contributed by atoms with Gasteiger partial charge in [-0.3, -0.25) is 0 Å².